The van der Waals surface area contributed by atoms with Gasteiger partial charge in [-0.2, -0.15) is 0 Å². The fourth-order valence-electron chi connectivity index (χ4n) is 1.36. The average molecular weight is 253 g/mol. The summed E-state index contributed by atoms with van der Waals surface area (Å²) in [4.78, 5) is 18.6. The van der Waals surface area contributed by atoms with Crippen LogP contribution in [0.15, 0.2) is 22.7 Å². The van der Waals surface area contributed by atoms with E-state index in [2.05, 4.69) is 9.97 Å². The summed E-state index contributed by atoms with van der Waals surface area (Å²) < 4.78 is 5.38. The molecule has 0 unspecified atom stereocenters. The summed E-state index contributed by atoms with van der Waals surface area (Å²) in [7, 11) is 0. The molecule has 5 nitrogen and oxygen atoms in total. The molecule has 88 valence electrons. The molecule has 6 heteroatoms. The number of pyridine rings is 1. The van der Waals surface area contributed by atoms with Crippen LogP contribution in [0.5, 0.6) is 0 Å². The minimum atomic E-state index is -0.942. The second kappa shape index (κ2) is 4.55. The highest BCUT2D eigenvalue weighted by atomic mass is 35.5. The molecule has 1 N–H and O–H groups in total. The molecule has 0 fully saturated rings. The van der Waals surface area contributed by atoms with Gasteiger partial charge in [0.15, 0.2) is 0 Å². The second-order valence-corrected chi connectivity index (χ2v) is 3.85. The molecule has 0 aromatic carbocycles. The summed E-state index contributed by atoms with van der Waals surface area (Å²) in [6.45, 7) is 1.68. The van der Waals surface area contributed by atoms with Gasteiger partial charge >= 0.3 is 5.97 Å². The molecule has 0 aliphatic carbocycles. The minimum absolute atomic E-state index is 0.156. The summed E-state index contributed by atoms with van der Waals surface area (Å²) >= 11 is 5.66. The zero-order valence-electron chi connectivity index (χ0n) is 8.98. The summed E-state index contributed by atoms with van der Waals surface area (Å²) in [5.41, 5.74) is 1.08. The lowest BCUT2D eigenvalue weighted by Gasteiger charge is -1.93. The Morgan fingerprint density at radius 3 is 2.88 bits per heavy atom. The number of oxazole rings is 1. The van der Waals surface area contributed by atoms with Gasteiger partial charge < -0.3 is 9.52 Å². The van der Waals surface area contributed by atoms with E-state index in [4.69, 9.17) is 21.1 Å². The molecule has 2 rings (SSSR count). The van der Waals surface area contributed by atoms with Crippen LogP contribution in [-0.2, 0) is 11.2 Å². The van der Waals surface area contributed by atoms with Gasteiger partial charge in [-0.1, -0.05) is 11.6 Å². The number of aryl methyl sites for hydroxylation is 1. The minimum Gasteiger partial charge on any atom is -0.481 e. The molecule has 2 aromatic rings. The van der Waals surface area contributed by atoms with E-state index < -0.39 is 5.97 Å². The van der Waals surface area contributed by atoms with Crippen molar-refractivity contribution in [2.24, 2.45) is 0 Å². The number of aliphatic carboxylic acids is 1. The lowest BCUT2D eigenvalue weighted by atomic mass is 10.3. The molecule has 2 aromatic heterocycles. The fourth-order valence-corrected chi connectivity index (χ4v) is 1.47. The number of nitrogens with zero attached hydrogens (tertiary/aromatic N) is 2. The molecule has 0 bridgehead atoms. The molecule has 0 atom stereocenters. The maximum atomic E-state index is 10.6. The Morgan fingerprint density at radius 2 is 2.29 bits per heavy atom. The van der Waals surface area contributed by atoms with E-state index in [0.29, 0.717) is 28.1 Å². The first-order valence-corrected chi connectivity index (χ1v) is 5.24. The van der Waals surface area contributed by atoms with Gasteiger partial charge in [0.1, 0.15) is 10.9 Å². The standard InChI is InChI=1S/C11H9ClN2O3/c1-6-8(4-10(15)16)14-11(17-6)7-2-3-9(12)13-5-7/h2-3,5H,4H2,1H3,(H,15,16). The van der Waals surface area contributed by atoms with Crippen LogP contribution in [0.25, 0.3) is 11.5 Å². The fraction of sp³-hybridized carbons (Fsp3) is 0.182. The van der Waals surface area contributed by atoms with Crippen LogP contribution in [-0.4, -0.2) is 21.0 Å². The van der Waals surface area contributed by atoms with Crippen molar-refractivity contribution in [1.82, 2.24) is 9.97 Å². The third-order valence-corrected chi connectivity index (χ3v) is 2.41. The van der Waals surface area contributed by atoms with E-state index >= 15 is 0 Å². The normalized spacial score (nSPS) is 10.5. The molecule has 0 amide bonds. The van der Waals surface area contributed by atoms with Crippen LogP contribution in [0.2, 0.25) is 5.15 Å². The summed E-state index contributed by atoms with van der Waals surface area (Å²) in [6, 6.07) is 3.33. The smallest absolute Gasteiger partial charge is 0.309 e. The molecule has 17 heavy (non-hydrogen) atoms. The number of aromatic nitrogens is 2. The second-order valence-electron chi connectivity index (χ2n) is 3.46. The Bertz CT molecular complexity index is 548. The highest BCUT2D eigenvalue weighted by molar-refractivity contribution is 6.29. The molecule has 0 radical (unpaired) electrons. The lowest BCUT2D eigenvalue weighted by Crippen LogP contribution is -2.01. The number of carbonyl (C=O) groups is 1. The predicted octanol–water partition coefficient (Wildman–Crippen LogP) is 2.33. The van der Waals surface area contributed by atoms with E-state index in [0.717, 1.165) is 0 Å². The van der Waals surface area contributed by atoms with Crippen molar-refractivity contribution < 1.29 is 14.3 Å². The zero-order chi connectivity index (χ0) is 12.4. The Hall–Kier alpha value is -1.88. The van der Waals surface area contributed by atoms with Gasteiger partial charge in [0.25, 0.3) is 0 Å². The van der Waals surface area contributed by atoms with E-state index in [-0.39, 0.29) is 6.42 Å². The predicted molar refractivity (Wildman–Crippen MR) is 60.8 cm³/mol. The van der Waals surface area contributed by atoms with Gasteiger partial charge in [-0.3, -0.25) is 4.79 Å². The summed E-state index contributed by atoms with van der Waals surface area (Å²) in [5, 5.41) is 9.07. The number of halogens is 1. The summed E-state index contributed by atoms with van der Waals surface area (Å²) in [6.07, 6.45) is 1.37. The Labute approximate surface area is 102 Å². The van der Waals surface area contributed by atoms with Crippen molar-refractivity contribution in [2.75, 3.05) is 0 Å². The molecule has 0 saturated heterocycles. The molecular formula is C11H9ClN2O3. The van der Waals surface area contributed by atoms with Crippen molar-refractivity contribution in [1.29, 1.82) is 0 Å². The van der Waals surface area contributed by atoms with E-state index in [1.807, 2.05) is 0 Å². The zero-order valence-corrected chi connectivity index (χ0v) is 9.73. The Morgan fingerprint density at radius 1 is 1.53 bits per heavy atom. The maximum absolute atomic E-state index is 10.6. The average Bonchev–Trinajstić information content (AvgIpc) is 2.60. The van der Waals surface area contributed by atoms with Crippen LogP contribution in [0, 0.1) is 6.92 Å². The Kier molecular flexibility index (Phi) is 3.10. The lowest BCUT2D eigenvalue weighted by molar-refractivity contribution is -0.136. The first-order valence-electron chi connectivity index (χ1n) is 4.86. The monoisotopic (exact) mass is 252 g/mol. The van der Waals surface area contributed by atoms with Crippen LogP contribution in [0.4, 0.5) is 0 Å². The molecule has 0 aliphatic rings. The maximum Gasteiger partial charge on any atom is 0.309 e. The van der Waals surface area contributed by atoms with Crippen LogP contribution in [0.3, 0.4) is 0 Å². The van der Waals surface area contributed by atoms with E-state index in [1.54, 1.807) is 19.1 Å². The van der Waals surface area contributed by atoms with Gasteiger partial charge in [-0.15, -0.1) is 0 Å². The van der Waals surface area contributed by atoms with Crippen LogP contribution < -0.4 is 0 Å². The largest absolute Gasteiger partial charge is 0.481 e. The van der Waals surface area contributed by atoms with Crippen LogP contribution >= 0.6 is 11.6 Å². The highest BCUT2D eigenvalue weighted by Crippen LogP contribution is 2.22. The van der Waals surface area contributed by atoms with Crippen molar-refractivity contribution in [3.63, 3.8) is 0 Å². The van der Waals surface area contributed by atoms with Crippen molar-refractivity contribution >= 4 is 17.6 Å². The van der Waals surface area contributed by atoms with Crippen molar-refractivity contribution in [3.8, 4) is 11.5 Å². The van der Waals surface area contributed by atoms with Gasteiger partial charge in [-0.25, -0.2) is 9.97 Å². The highest BCUT2D eigenvalue weighted by Gasteiger charge is 2.14. The third kappa shape index (κ3) is 2.62. The van der Waals surface area contributed by atoms with Gasteiger partial charge in [0, 0.05) is 6.20 Å². The first kappa shape index (κ1) is 11.6. The number of rotatable bonds is 3. The van der Waals surface area contributed by atoms with Crippen LogP contribution in [0.1, 0.15) is 11.5 Å². The van der Waals surface area contributed by atoms with Gasteiger partial charge in [-0.05, 0) is 19.1 Å². The number of carboxylic acids is 1. The van der Waals surface area contributed by atoms with Crippen molar-refractivity contribution in [2.45, 2.75) is 13.3 Å². The molecule has 0 aliphatic heterocycles. The molecule has 0 saturated carbocycles. The van der Waals surface area contributed by atoms with E-state index in [9.17, 15) is 4.79 Å². The topological polar surface area (TPSA) is 76.2 Å². The first-order chi connectivity index (χ1) is 8.06. The number of hydrogen-bond donors (Lipinski definition) is 1. The van der Waals surface area contributed by atoms with Gasteiger partial charge in [0.05, 0.1) is 17.7 Å². The molecule has 2 heterocycles. The third-order valence-electron chi connectivity index (χ3n) is 2.19. The molecule has 0 spiro atoms. The number of hydrogen-bond acceptors (Lipinski definition) is 4. The number of carboxylic acid groups (broad SMARTS) is 1. The summed E-state index contributed by atoms with van der Waals surface area (Å²) in [5.74, 6) is -0.0950. The van der Waals surface area contributed by atoms with Gasteiger partial charge in [0.2, 0.25) is 5.89 Å². The van der Waals surface area contributed by atoms with E-state index in [1.165, 1.54) is 6.20 Å². The molecular weight excluding hydrogens is 244 g/mol. The SMILES string of the molecule is Cc1oc(-c2ccc(Cl)nc2)nc1CC(=O)O. The van der Waals surface area contributed by atoms with Crippen molar-refractivity contribution in [3.05, 3.63) is 34.9 Å². The Balaban J connectivity index is 2.34. The quantitative estimate of drug-likeness (QED) is 0.849.